The molecule has 1 unspecified atom stereocenters. The molecule has 1 N–H and O–H groups in total. The lowest BCUT2D eigenvalue weighted by Gasteiger charge is -2.34. The minimum atomic E-state index is -0.172. The van der Waals surface area contributed by atoms with Crippen molar-refractivity contribution >= 4 is 5.97 Å². The van der Waals surface area contributed by atoms with Gasteiger partial charge < -0.3 is 14.6 Å². The predicted molar refractivity (Wildman–Crippen MR) is 63.7 cm³/mol. The third-order valence-electron chi connectivity index (χ3n) is 3.10. The quantitative estimate of drug-likeness (QED) is 0.687. The Balaban J connectivity index is 2.28. The van der Waals surface area contributed by atoms with Crippen molar-refractivity contribution in [3.8, 4) is 0 Å². The van der Waals surface area contributed by atoms with Crippen LogP contribution in [-0.2, 0) is 14.3 Å². The highest BCUT2D eigenvalue weighted by Gasteiger charge is 2.27. The highest BCUT2D eigenvalue weighted by Crippen LogP contribution is 2.16. The van der Waals surface area contributed by atoms with Crippen molar-refractivity contribution in [2.45, 2.75) is 38.8 Å². The molecule has 0 bridgehead atoms. The number of likely N-dealkylation sites (tertiary alicyclic amines) is 1. The van der Waals surface area contributed by atoms with Gasteiger partial charge in [0.1, 0.15) is 6.04 Å². The van der Waals surface area contributed by atoms with Crippen molar-refractivity contribution in [3.05, 3.63) is 0 Å². The van der Waals surface area contributed by atoms with Crippen LogP contribution in [0.4, 0.5) is 0 Å². The Hall–Kier alpha value is -0.650. The molecule has 0 aromatic carbocycles. The smallest absolute Gasteiger partial charge is 0.323 e. The normalized spacial score (nSPS) is 20.2. The predicted octanol–water partition coefficient (Wildman–Crippen LogP) is 0.411. The summed E-state index contributed by atoms with van der Waals surface area (Å²) in [5, 5.41) is 8.67. The van der Waals surface area contributed by atoms with Crippen LogP contribution in [0, 0.1) is 0 Å². The second kappa shape index (κ2) is 7.63. The summed E-state index contributed by atoms with van der Waals surface area (Å²) in [4.78, 5) is 13.7. The van der Waals surface area contributed by atoms with Crippen molar-refractivity contribution < 1.29 is 19.4 Å². The van der Waals surface area contributed by atoms with Gasteiger partial charge in [-0.1, -0.05) is 0 Å². The first-order chi connectivity index (χ1) is 8.19. The van der Waals surface area contributed by atoms with Crippen LogP contribution in [0.25, 0.3) is 0 Å². The van der Waals surface area contributed by atoms with Crippen LogP contribution in [0.1, 0.15) is 26.7 Å². The molecule has 1 fully saturated rings. The summed E-state index contributed by atoms with van der Waals surface area (Å²) in [7, 11) is 0. The number of aliphatic hydroxyl groups excluding tert-OH is 1. The fourth-order valence-corrected chi connectivity index (χ4v) is 2.06. The second-order valence-electron chi connectivity index (χ2n) is 4.26. The van der Waals surface area contributed by atoms with Crippen molar-refractivity contribution in [2.75, 3.05) is 32.9 Å². The van der Waals surface area contributed by atoms with Crippen LogP contribution in [0.5, 0.6) is 0 Å². The Kier molecular flexibility index (Phi) is 6.47. The summed E-state index contributed by atoms with van der Waals surface area (Å²) in [5.74, 6) is -0.151. The van der Waals surface area contributed by atoms with Gasteiger partial charge in [-0.25, -0.2) is 0 Å². The highest BCUT2D eigenvalue weighted by atomic mass is 16.5. The zero-order chi connectivity index (χ0) is 12.7. The zero-order valence-electron chi connectivity index (χ0n) is 10.7. The number of hydrogen-bond acceptors (Lipinski definition) is 5. The van der Waals surface area contributed by atoms with Crippen molar-refractivity contribution in [2.24, 2.45) is 0 Å². The van der Waals surface area contributed by atoms with Gasteiger partial charge in [-0.15, -0.1) is 0 Å². The van der Waals surface area contributed by atoms with E-state index in [2.05, 4.69) is 4.90 Å². The minimum Gasteiger partial charge on any atom is -0.465 e. The number of nitrogens with zero attached hydrogens (tertiary/aromatic N) is 1. The van der Waals surface area contributed by atoms with Gasteiger partial charge >= 0.3 is 5.97 Å². The maximum Gasteiger partial charge on any atom is 0.323 e. The Labute approximate surface area is 103 Å². The largest absolute Gasteiger partial charge is 0.465 e. The van der Waals surface area contributed by atoms with Crippen LogP contribution < -0.4 is 0 Å². The lowest BCUT2D eigenvalue weighted by Crippen LogP contribution is -2.46. The summed E-state index contributed by atoms with van der Waals surface area (Å²) in [6, 6.07) is -0.172. The van der Waals surface area contributed by atoms with Crippen LogP contribution in [0.3, 0.4) is 0 Å². The average molecular weight is 245 g/mol. The SMILES string of the molecule is CCOC(=O)C(C)N1CCC(OCCO)CC1. The Morgan fingerprint density at radius 2 is 2.12 bits per heavy atom. The van der Waals surface area contributed by atoms with Gasteiger partial charge in [-0.3, -0.25) is 9.69 Å². The van der Waals surface area contributed by atoms with E-state index in [0.29, 0.717) is 13.2 Å². The molecule has 17 heavy (non-hydrogen) atoms. The molecule has 1 rings (SSSR count). The molecule has 5 nitrogen and oxygen atoms in total. The van der Waals surface area contributed by atoms with E-state index in [9.17, 15) is 4.79 Å². The summed E-state index contributed by atoms with van der Waals surface area (Å²) in [6.45, 7) is 6.29. The van der Waals surface area contributed by atoms with Gasteiger partial charge in [-0.05, 0) is 26.7 Å². The molecule has 0 spiro atoms. The first-order valence-electron chi connectivity index (χ1n) is 6.32. The van der Waals surface area contributed by atoms with E-state index < -0.39 is 0 Å². The Bertz CT molecular complexity index is 227. The van der Waals surface area contributed by atoms with E-state index in [1.54, 1.807) is 0 Å². The molecule has 0 radical (unpaired) electrons. The summed E-state index contributed by atoms with van der Waals surface area (Å²) >= 11 is 0. The van der Waals surface area contributed by atoms with Gasteiger partial charge in [0.2, 0.25) is 0 Å². The molecule has 100 valence electrons. The van der Waals surface area contributed by atoms with E-state index in [1.165, 1.54) is 0 Å². The van der Waals surface area contributed by atoms with Crippen LogP contribution in [0.2, 0.25) is 0 Å². The molecule has 1 aliphatic heterocycles. The molecular weight excluding hydrogens is 222 g/mol. The molecule has 0 saturated carbocycles. The second-order valence-corrected chi connectivity index (χ2v) is 4.26. The standard InChI is InChI=1S/C12H23NO4/c1-3-16-12(15)10(2)13-6-4-11(5-7-13)17-9-8-14/h10-11,14H,3-9H2,1-2H3. The molecular formula is C12H23NO4. The lowest BCUT2D eigenvalue weighted by molar-refractivity contribution is -0.150. The summed E-state index contributed by atoms with van der Waals surface area (Å²) in [5.41, 5.74) is 0. The number of hydrogen-bond donors (Lipinski definition) is 1. The molecule has 1 heterocycles. The van der Waals surface area contributed by atoms with Crippen molar-refractivity contribution in [1.82, 2.24) is 4.90 Å². The summed E-state index contributed by atoms with van der Waals surface area (Å²) < 4.78 is 10.5. The van der Waals surface area contributed by atoms with E-state index in [4.69, 9.17) is 14.6 Å². The van der Waals surface area contributed by atoms with Crippen LogP contribution in [0.15, 0.2) is 0 Å². The van der Waals surface area contributed by atoms with E-state index in [1.807, 2.05) is 13.8 Å². The molecule has 1 saturated heterocycles. The molecule has 0 aromatic rings. The minimum absolute atomic E-state index is 0.0689. The number of rotatable bonds is 6. The fourth-order valence-electron chi connectivity index (χ4n) is 2.06. The lowest BCUT2D eigenvalue weighted by atomic mass is 10.1. The van der Waals surface area contributed by atoms with Crippen LogP contribution in [-0.4, -0.2) is 61.0 Å². The topological polar surface area (TPSA) is 59.0 Å². The van der Waals surface area contributed by atoms with Gasteiger partial charge in [0.15, 0.2) is 0 Å². The maximum atomic E-state index is 11.6. The molecule has 0 aliphatic carbocycles. The fraction of sp³-hybridized carbons (Fsp3) is 0.917. The molecule has 5 heteroatoms. The Morgan fingerprint density at radius 1 is 1.47 bits per heavy atom. The van der Waals surface area contributed by atoms with Gasteiger partial charge in [0, 0.05) is 13.1 Å². The van der Waals surface area contributed by atoms with E-state index in [0.717, 1.165) is 25.9 Å². The van der Waals surface area contributed by atoms with Gasteiger partial charge in [0.25, 0.3) is 0 Å². The van der Waals surface area contributed by atoms with Crippen molar-refractivity contribution in [3.63, 3.8) is 0 Å². The molecule has 1 aliphatic rings. The van der Waals surface area contributed by atoms with E-state index >= 15 is 0 Å². The van der Waals surface area contributed by atoms with Crippen LogP contribution >= 0.6 is 0 Å². The molecule has 1 atom stereocenters. The Morgan fingerprint density at radius 3 is 2.65 bits per heavy atom. The first-order valence-corrected chi connectivity index (χ1v) is 6.32. The van der Waals surface area contributed by atoms with Crippen molar-refractivity contribution in [1.29, 1.82) is 0 Å². The third kappa shape index (κ3) is 4.61. The molecule has 0 amide bonds. The monoisotopic (exact) mass is 245 g/mol. The number of ether oxygens (including phenoxy) is 2. The first kappa shape index (κ1) is 14.4. The number of carbonyl (C=O) groups is 1. The number of esters is 1. The number of aliphatic hydroxyl groups is 1. The van der Waals surface area contributed by atoms with Gasteiger partial charge in [0.05, 0.1) is 25.9 Å². The number of carbonyl (C=O) groups excluding carboxylic acids is 1. The third-order valence-corrected chi connectivity index (χ3v) is 3.10. The average Bonchev–Trinajstić information content (AvgIpc) is 2.36. The summed E-state index contributed by atoms with van der Waals surface area (Å²) in [6.07, 6.45) is 2.03. The highest BCUT2D eigenvalue weighted by molar-refractivity contribution is 5.75. The molecule has 0 aromatic heterocycles. The maximum absolute atomic E-state index is 11.6. The van der Waals surface area contributed by atoms with Gasteiger partial charge in [-0.2, -0.15) is 0 Å². The number of piperidine rings is 1. The van der Waals surface area contributed by atoms with E-state index in [-0.39, 0.29) is 24.7 Å². The zero-order valence-corrected chi connectivity index (χ0v) is 10.7.